The van der Waals surface area contributed by atoms with Crippen molar-refractivity contribution in [3.63, 3.8) is 0 Å². The summed E-state index contributed by atoms with van der Waals surface area (Å²) in [4.78, 5) is 0. The van der Waals surface area contributed by atoms with E-state index in [0.717, 1.165) is 0 Å². The predicted octanol–water partition coefficient (Wildman–Crippen LogP) is 5.59. The van der Waals surface area contributed by atoms with Crippen LogP contribution in [0.15, 0.2) is 0 Å². The second kappa shape index (κ2) is 8.54. The monoisotopic (exact) mass is 272 g/mol. The van der Waals surface area contributed by atoms with Crippen LogP contribution in [0.4, 0.5) is 0 Å². The largest absolute Gasteiger partial charge is 0.155 e. The van der Waals surface area contributed by atoms with E-state index in [1.807, 2.05) is 51.2 Å². The van der Waals surface area contributed by atoms with Gasteiger partial charge in [-0.2, -0.15) is 0 Å². The Balaban J connectivity index is 0. The lowest BCUT2D eigenvalue weighted by Crippen LogP contribution is -2.34. The summed E-state index contributed by atoms with van der Waals surface area (Å²) in [6, 6.07) is 0. The van der Waals surface area contributed by atoms with E-state index < -0.39 is 0 Å². The van der Waals surface area contributed by atoms with Gasteiger partial charge in [0.1, 0.15) is 0 Å². The fourth-order valence-electron chi connectivity index (χ4n) is 0.860. The molecule has 0 N–H and O–H groups in total. The molecule has 0 saturated carbocycles. The zero-order valence-corrected chi connectivity index (χ0v) is 13.9. The Morgan fingerprint density at radius 3 is 1.14 bits per heavy atom. The molecule has 1 aliphatic rings. The van der Waals surface area contributed by atoms with Crippen LogP contribution in [0.1, 0.15) is 41.5 Å². The van der Waals surface area contributed by atoms with Crippen molar-refractivity contribution in [3.8, 4) is 0 Å². The van der Waals surface area contributed by atoms with E-state index in [0.29, 0.717) is 6.82 Å². The van der Waals surface area contributed by atoms with Crippen molar-refractivity contribution in [1.29, 1.82) is 0 Å². The number of hydrogen-bond donors (Lipinski definition) is 0. The van der Waals surface area contributed by atoms with E-state index in [1.165, 1.54) is 0 Å². The average Bonchev–Trinajstić information content (AvgIpc) is 2.19. The first-order valence-corrected chi connectivity index (χ1v) is 9.12. The molecule has 1 fully saturated rings. The van der Waals surface area contributed by atoms with Crippen molar-refractivity contribution >= 4 is 47.0 Å². The summed E-state index contributed by atoms with van der Waals surface area (Å²) < 4.78 is 0.857. The molecule has 0 aromatic rings. The van der Waals surface area contributed by atoms with E-state index >= 15 is 0 Å². The van der Waals surface area contributed by atoms with Gasteiger partial charge in [-0.3, -0.25) is 0 Å². The molecule has 0 radical (unpaired) electrons. The lowest BCUT2D eigenvalue weighted by atomic mass is 10.5. The highest BCUT2D eigenvalue weighted by Gasteiger charge is 2.50. The molecule has 0 unspecified atom stereocenters. The minimum absolute atomic E-state index is 0.406. The molecule has 1 aliphatic heterocycles. The molecule has 0 bridgehead atoms. The Bertz CT molecular complexity index is 120. The maximum absolute atomic E-state index is 2.28. The lowest BCUT2D eigenvalue weighted by Gasteiger charge is -2.49. The van der Waals surface area contributed by atoms with Crippen molar-refractivity contribution in [1.82, 2.24) is 0 Å². The van der Waals surface area contributed by atoms with Gasteiger partial charge in [-0.25, -0.2) is 0 Å². The number of hydrogen-bond acceptors (Lipinski definition) is 4. The van der Waals surface area contributed by atoms with E-state index in [1.54, 1.807) is 0 Å². The van der Waals surface area contributed by atoms with Gasteiger partial charge < -0.3 is 0 Å². The van der Waals surface area contributed by atoms with E-state index in [2.05, 4.69) is 49.9 Å². The molecular weight excluding hydrogens is 248 g/mol. The summed E-state index contributed by atoms with van der Waals surface area (Å²) in [6.45, 7) is 12.6. The molecule has 0 aromatic heterocycles. The lowest BCUT2D eigenvalue weighted by molar-refractivity contribution is 1.01. The third-order valence-electron chi connectivity index (χ3n) is 1.24. The Morgan fingerprint density at radius 2 is 1.07 bits per heavy atom. The first kappa shape index (κ1) is 17.8. The summed E-state index contributed by atoms with van der Waals surface area (Å²) in [6.07, 6.45) is 4.37. The summed E-state index contributed by atoms with van der Waals surface area (Å²) in [5, 5.41) is 0. The molecule has 88 valence electrons. The van der Waals surface area contributed by atoms with Crippen molar-refractivity contribution in [3.05, 3.63) is 0 Å². The third-order valence-corrected chi connectivity index (χ3v) is 8.72. The molecule has 1 heterocycles. The normalized spacial score (nSPS) is 20.6. The molecule has 1 rings (SSSR count). The van der Waals surface area contributed by atoms with Gasteiger partial charge in [-0.05, 0) is 26.4 Å². The van der Waals surface area contributed by atoms with Crippen LogP contribution in [0.5, 0.6) is 0 Å². The third kappa shape index (κ3) is 5.47. The van der Waals surface area contributed by atoms with Crippen molar-refractivity contribution in [2.75, 3.05) is 12.5 Å². The Morgan fingerprint density at radius 1 is 0.786 bits per heavy atom. The van der Waals surface area contributed by atoms with Crippen molar-refractivity contribution in [2.24, 2.45) is 0 Å². The summed E-state index contributed by atoms with van der Waals surface area (Å²) in [5.74, 6) is 0. The van der Waals surface area contributed by atoms with Crippen LogP contribution in [-0.2, 0) is 0 Å². The van der Waals surface area contributed by atoms with Gasteiger partial charge in [0.25, 0.3) is 0 Å². The highest BCUT2D eigenvalue weighted by molar-refractivity contribution is 8.56. The van der Waals surface area contributed by atoms with E-state index in [9.17, 15) is 0 Å². The SMILES string of the molecule is CC.CC.CSC1(SC)SC(C)(C)S1. The van der Waals surface area contributed by atoms with Gasteiger partial charge >= 0.3 is 0 Å². The standard InChI is InChI=1S/C6H12S4.2C2H6/c1-5(2)9-6(7-3,8-4)10-5;2*1-2/h1-4H3;2*1-2H3. The van der Waals surface area contributed by atoms with Gasteiger partial charge in [0, 0.05) is 0 Å². The maximum atomic E-state index is 2.28. The zero-order valence-electron chi connectivity index (χ0n) is 10.6. The zero-order chi connectivity index (χ0) is 11.8. The number of rotatable bonds is 2. The highest BCUT2D eigenvalue weighted by Crippen LogP contribution is 2.72. The maximum Gasteiger partial charge on any atom is 0.155 e. The Hall–Kier alpha value is 1.40. The predicted molar refractivity (Wildman–Crippen MR) is 81.7 cm³/mol. The van der Waals surface area contributed by atoms with E-state index in [4.69, 9.17) is 0 Å². The molecule has 0 atom stereocenters. The van der Waals surface area contributed by atoms with Gasteiger partial charge in [-0.15, -0.1) is 47.0 Å². The minimum Gasteiger partial charge on any atom is -0.126 e. The van der Waals surface area contributed by atoms with Crippen molar-refractivity contribution < 1.29 is 0 Å². The first-order chi connectivity index (χ1) is 6.54. The molecule has 0 nitrogen and oxygen atoms in total. The molecule has 0 amide bonds. The smallest absolute Gasteiger partial charge is 0.126 e. The van der Waals surface area contributed by atoms with Gasteiger partial charge in [0.2, 0.25) is 0 Å². The van der Waals surface area contributed by atoms with Crippen LogP contribution in [0.25, 0.3) is 0 Å². The Labute approximate surface area is 108 Å². The van der Waals surface area contributed by atoms with Crippen LogP contribution in [-0.4, -0.2) is 19.3 Å². The summed E-state index contributed by atoms with van der Waals surface area (Å²) >= 11 is 8.03. The quantitative estimate of drug-likeness (QED) is 0.600. The Kier molecular flexibility index (Phi) is 10.8. The first-order valence-electron chi connectivity index (χ1n) is 5.04. The average molecular weight is 273 g/mol. The van der Waals surface area contributed by atoms with Gasteiger partial charge in [0.15, 0.2) is 2.74 Å². The van der Waals surface area contributed by atoms with Gasteiger partial charge in [-0.1, -0.05) is 27.7 Å². The van der Waals surface area contributed by atoms with Gasteiger partial charge in [0.05, 0.1) is 4.08 Å². The number of thioether (sulfide) groups is 4. The molecular formula is C10H24S4. The summed E-state index contributed by atoms with van der Waals surface area (Å²) in [5.41, 5.74) is 0. The summed E-state index contributed by atoms with van der Waals surface area (Å²) in [7, 11) is 0. The molecule has 14 heavy (non-hydrogen) atoms. The molecule has 0 aliphatic carbocycles. The molecule has 4 heteroatoms. The highest BCUT2D eigenvalue weighted by atomic mass is 32.3. The van der Waals surface area contributed by atoms with E-state index in [-0.39, 0.29) is 0 Å². The minimum atomic E-state index is 0.406. The molecule has 0 aromatic carbocycles. The van der Waals surface area contributed by atoms with Crippen LogP contribution in [0, 0.1) is 0 Å². The van der Waals surface area contributed by atoms with Crippen LogP contribution >= 0.6 is 47.0 Å². The van der Waals surface area contributed by atoms with Crippen LogP contribution < -0.4 is 0 Å². The van der Waals surface area contributed by atoms with Crippen LogP contribution in [0.3, 0.4) is 0 Å². The topological polar surface area (TPSA) is 0 Å². The second-order valence-electron chi connectivity index (χ2n) is 2.51. The van der Waals surface area contributed by atoms with Crippen LogP contribution in [0.2, 0.25) is 0 Å². The molecule has 0 spiro atoms. The van der Waals surface area contributed by atoms with Crippen molar-refractivity contribution in [2.45, 2.75) is 48.4 Å². The molecule has 1 saturated heterocycles. The second-order valence-corrected chi connectivity index (χ2v) is 10.0. The fourth-order valence-corrected chi connectivity index (χ4v) is 8.96. The fraction of sp³-hybridized carbons (Fsp3) is 1.00.